The highest BCUT2D eigenvalue weighted by Crippen LogP contribution is 2.13. The maximum Gasteiger partial charge on any atom is 0.251 e. The van der Waals surface area contributed by atoms with Crippen LogP contribution in [0.25, 0.3) is 0 Å². The molecular formula is C13H25ClN2O3. The van der Waals surface area contributed by atoms with Gasteiger partial charge < -0.3 is 19.7 Å². The molecule has 1 N–H and O–H groups in total. The number of halogens is 1. The van der Waals surface area contributed by atoms with Crippen LogP contribution in [0.3, 0.4) is 0 Å². The molecule has 0 aromatic carbocycles. The van der Waals surface area contributed by atoms with E-state index in [2.05, 4.69) is 5.32 Å². The zero-order chi connectivity index (χ0) is 12.8. The Morgan fingerprint density at radius 3 is 2.79 bits per heavy atom. The number of rotatable bonds is 4. The molecule has 19 heavy (non-hydrogen) atoms. The second-order valence-corrected chi connectivity index (χ2v) is 5.04. The van der Waals surface area contributed by atoms with E-state index in [9.17, 15) is 4.79 Å². The molecule has 0 spiro atoms. The van der Waals surface area contributed by atoms with Crippen molar-refractivity contribution in [1.29, 1.82) is 0 Å². The normalized spacial score (nSPS) is 25.5. The zero-order valence-electron chi connectivity index (χ0n) is 11.6. The molecule has 2 rings (SSSR count). The monoisotopic (exact) mass is 292 g/mol. The largest absolute Gasteiger partial charge is 0.376 e. The van der Waals surface area contributed by atoms with E-state index in [1.807, 2.05) is 11.8 Å². The van der Waals surface area contributed by atoms with Crippen LogP contribution in [-0.4, -0.2) is 62.4 Å². The highest BCUT2D eigenvalue weighted by molar-refractivity contribution is 5.85. The first-order valence-electron chi connectivity index (χ1n) is 7.00. The number of amides is 1. The van der Waals surface area contributed by atoms with E-state index in [-0.39, 0.29) is 30.5 Å². The Kier molecular flexibility index (Phi) is 7.68. The molecule has 0 aromatic rings. The topological polar surface area (TPSA) is 50.8 Å². The molecular weight excluding hydrogens is 268 g/mol. The molecule has 0 aliphatic carbocycles. The number of hydrogen-bond donors (Lipinski definition) is 1. The van der Waals surface area contributed by atoms with Gasteiger partial charge in [-0.3, -0.25) is 4.79 Å². The van der Waals surface area contributed by atoms with E-state index in [1.54, 1.807) is 0 Å². The molecule has 0 radical (unpaired) electrons. The van der Waals surface area contributed by atoms with E-state index < -0.39 is 0 Å². The van der Waals surface area contributed by atoms with Crippen molar-refractivity contribution in [3.63, 3.8) is 0 Å². The van der Waals surface area contributed by atoms with Gasteiger partial charge >= 0.3 is 0 Å². The Labute approximate surface area is 121 Å². The van der Waals surface area contributed by atoms with Gasteiger partial charge in [0.2, 0.25) is 0 Å². The minimum absolute atomic E-state index is 0. The van der Waals surface area contributed by atoms with Crippen LogP contribution in [0.2, 0.25) is 0 Å². The van der Waals surface area contributed by atoms with Gasteiger partial charge in [0.05, 0.1) is 12.7 Å². The minimum Gasteiger partial charge on any atom is -0.376 e. The van der Waals surface area contributed by atoms with Crippen molar-refractivity contribution in [3.05, 3.63) is 0 Å². The standard InChI is InChI=1S/C13H24N2O3.ClH/c1-11(13(16)15-7-5-14-6-8-15)18-10-12-4-2-3-9-17-12;/h11-12,14H,2-10H2,1H3;1H. The van der Waals surface area contributed by atoms with Crippen molar-refractivity contribution >= 4 is 18.3 Å². The van der Waals surface area contributed by atoms with Crippen molar-refractivity contribution < 1.29 is 14.3 Å². The van der Waals surface area contributed by atoms with Gasteiger partial charge in [-0.15, -0.1) is 12.4 Å². The fourth-order valence-electron chi connectivity index (χ4n) is 2.40. The summed E-state index contributed by atoms with van der Waals surface area (Å²) < 4.78 is 11.3. The van der Waals surface area contributed by atoms with Crippen LogP contribution in [-0.2, 0) is 14.3 Å². The SMILES string of the molecule is CC(OCC1CCCCO1)C(=O)N1CCNCC1.Cl. The van der Waals surface area contributed by atoms with Gasteiger partial charge in [-0.05, 0) is 26.2 Å². The van der Waals surface area contributed by atoms with Crippen LogP contribution in [0.5, 0.6) is 0 Å². The van der Waals surface area contributed by atoms with Crippen LogP contribution in [0, 0.1) is 0 Å². The number of piperazine rings is 1. The third kappa shape index (κ3) is 5.26. The first-order chi connectivity index (χ1) is 8.77. The van der Waals surface area contributed by atoms with Gasteiger partial charge in [0, 0.05) is 32.8 Å². The van der Waals surface area contributed by atoms with Crippen molar-refractivity contribution in [2.45, 2.75) is 38.4 Å². The molecule has 0 bridgehead atoms. The predicted molar refractivity (Wildman–Crippen MR) is 75.7 cm³/mol. The zero-order valence-corrected chi connectivity index (χ0v) is 12.4. The molecule has 6 heteroatoms. The Balaban J connectivity index is 0.00000180. The van der Waals surface area contributed by atoms with Crippen molar-refractivity contribution in [2.24, 2.45) is 0 Å². The molecule has 2 fully saturated rings. The van der Waals surface area contributed by atoms with Crippen LogP contribution in [0.15, 0.2) is 0 Å². The molecule has 2 saturated heterocycles. The Bertz CT molecular complexity index is 267. The van der Waals surface area contributed by atoms with Crippen LogP contribution in [0.1, 0.15) is 26.2 Å². The summed E-state index contributed by atoms with van der Waals surface area (Å²) in [5.41, 5.74) is 0. The summed E-state index contributed by atoms with van der Waals surface area (Å²) >= 11 is 0. The lowest BCUT2D eigenvalue weighted by Crippen LogP contribution is -2.50. The molecule has 0 saturated carbocycles. The number of nitrogens with one attached hydrogen (secondary N) is 1. The second-order valence-electron chi connectivity index (χ2n) is 5.04. The average molecular weight is 293 g/mol. The minimum atomic E-state index is -0.353. The van der Waals surface area contributed by atoms with Crippen molar-refractivity contribution in [1.82, 2.24) is 10.2 Å². The summed E-state index contributed by atoms with van der Waals surface area (Å²) in [5.74, 6) is 0.104. The van der Waals surface area contributed by atoms with Gasteiger partial charge in [-0.25, -0.2) is 0 Å². The Morgan fingerprint density at radius 2 is 2.16 bits per heavy atom. The summed E-state index contributed by atoms with van der Waals surface area (Å²) in [6.45, 7) is 6.54. The van der Waals surface area contributed by atoms with Crippen LogP contribution in [0.4, 0.5) is 0 Å². The van der Waals surface area contributed by atoms with Crippen LogP contribution < -0.4 is 5.32 Å². The smallest absolute Gasteiger partial charge is 0.251 e. The van der Waals surface area contributed by atoms with E-state index >= 15 is 0 Å². The number of hydrogen-bond acceptors (Lipinski definition) is 4. The highest BCUT2D eigenvalue weighted by atomic mass is 35.5. The van der Waals surface area contributed by atoms with Gasteiger partial charge in [-0.1, -0.05) is 0 Å². The quantitative estimate of drug-likeness (QED) is 0.833. The molecule has 2 atom stereocenters. The fourth-order valence-corrected chi connectivity index (χ4v) is 2.40. The summed E-state index contributed by atoms with van der Waals surface area (Å²) in [7, 11) is 0. The first kappa shape index (κ1) is 16.7. The maximum atomic E-state index is 12.1. The Morgan fingerprint density at radius 1 is 1.42 bits per heavy atom. The third-order valence-electron chi connectivity index (χ3n) is 3.58. The molecule has 2 unspecified atom stereocenters. The van der Waals surface area contributed by atoms with Gasteiger partial charge in [0.25, 0.3) is 5.91 Å². The van der Waals surface area contributed by atoms with E-state index in [4.69, 9.17) is 9.47 Å². The third-order valence-corrected chi connectivity index (χ3v) is 3.58. The lowest BCUT2D eigenvalue weighted by atomic mass is 10.1. The molecule has 1 amide bonds. The summed E-state index contributed by atoms with van der Waals surface area (Å²) in [6.07, 6.45) is 3.22. The van der Waals surface area contributed by atoms with E-state index in [1.165, 1.54) is 6.42 Å². The first-order valence-corrected chi connectivity index (χ1v) is 7.00. The molecule has 112 valence electrons. The molecule has 0 aromatic heterocycles. The van der Waals surface area contributed by atoms with Gasteiger partial charge in [0.15, 0.2) is 0 Å². The maximum absolute atomic E-state index is 12.1. The molecule has 2 heterocycles. The fraction of sp³-hybridized carbons (Fsp3) is 0.923. The summed E-state index contributed by atoms with van der Waals surface area (Å²) in [6, 6.07) is 0. The van der Waals surface area contributed by atoms with Crippen molar-refractivity contribution in [3.8, 4) is 0 Å². The lowest BCUT2D eigenvalue weighted by molar-refractivity contribution is -0.146. The number of carbonyl (C=O) groups is 1. The molecule has 2 aliphatic rings. The lowest BCUT2D eigenvalue weighted by Gasteiger charge is -2.30. The predicted octanol–water partition coefficient (Wildman–Crippen LogP) is 0.814. The van der Waals surface area contributed by atoms with E-state index in [0.29, 0.717) is 6.61 Å². The number of ether oxygens (including phenoxy) is 2. The Hall–Kier alpha value is -0.360. The highest BCUT2D eigenvalue weighted by Gasteiger charge is 2.24. The van der Waals surface area contributed by atoms with Crippen LogP contribution >= 0.6 is 12.4 Å². The van der Waals surface area contributed by atoms with Gasteiger partial charge in [0.1, 0.15) is 6.10 Å². The molecule has 2 aliphatic heterocycles. The van der Waals surface area contributed by atoms with Crippen molar-refractivity contribution in [2.75, 3.05) is 39.4 Å². The summed E-state index contributed by atoms with van der Waals surface area (Å²) in [5, 5.41) is 3.24. The average Bonchev–Trinajstić information content (AvgIpc) is 2.46. The van der Waals surface area contributed by atoms with Gasteiger partial charge in [-0.2, -0.15) is 0 Å². The summed E-state index contributed by atoms with van der Waals surface area (Å²) in [4.78, 5) is 14.0. The number of carbonyl (C=O) groups excluding carboxylic acids is 1. The second kappa shape index (κ2) is 8.74. The van der Waals surface area contributed by atoms with E-state index in [0.717, 1.165) is 45.6 Å². The number of nitrogens with zero attached hydrogens (tertiary/aromatic N) is 1. The molecule has 5 nitrogen and oxygen atoms in total.